The van der Waals surface area contributed by atoms with E-state index in [1.807, 2.05) is 32.0 Å². The van der Waals surface area contributed by atoms with E-state index < -0.39 is 0 Å². The SMILES string of the molecule is Cc1ccc(C)c(NC(=O)c2cc(N)cc(Br)c2)c1. The third-order valence-corrected chi connectivity index (χ3v) is 3.28. The summed E-state index contributed by atoms with van der Waals surface area (Å²) in [5, 5.41) is 2.91. The minimum Gasteiger partial charge on any atom is -0.399 e. The monoisotopic (exact) mass is 318 g/mol. The van der Waals surface area contributed by atoms with E-state index in [2.05, 4.69) is 21.2 Å². The average molecular weight is 319 g/mol. The molecule has 0 saturated carbocycles. The molecule has 0 spiro atoms. The predicted molar refractivity (Wildman–Crippen MR) is 82.4 cm³/mol. The van der Waals surface area contributed by atoms with Crippen LogP contribution in [0.5, 0.6) is 0 Å². The first-order chi connectivity index (χ1) is 8.95. The number of nitrogen functional groups attached to an aromatic ring is 1. The summed E-state index contributed by atoms with van der Waals surface area (Å²) < 4.78 is 0.790. The standard InChI is InChI=1S/C15H15BrN2O/c1-9-3-4-10(2)14(5-9)18-15(19)11-6-12(16)8-13(17)7-11/h3-8H,17H2,1-2H3,(H,18,19). The van der Waals surface area contributed by atoms with Crippen LogP contribution in [0.3, 0.4) is 0 Å². The molecule has 1 amide bonds. The van der Waals surface area contributed by atoms with Crippen LogP contribution in [-0.4, -0.2) is 5.91 Å². The number of aryl methyl sites for hydroxylation is 2. The average Bonchev–Trinajstić information content (AvgIpc) is 2.32. The molecule has 3 N–H and O–H groups in total. The summed E-state index contributed by atoms with van der Waals surface area (Å²) in [6.07, 6.45) is 0. The Kier molecular flexibility index (Phi) is 3.90. The Bertz CT molecular complexity index is 618. The largest absolute Gasteiger partial charge is 0.399 e. The van der Waals surface area contributed by atoms with Gasteiger partial charge in [0.05, 0.1) is 0 Å². The van der Waals surface area contributed by atoms with Gasteiger partial charge >= 0.3 is 0 Å². The molecule has 0 aromatic heterocycles. The smallest absolute Gasteiger partial charge is 0.255 e. The molecular formula is C15H15BrN2O. The molecule has 98 valence electrons. The van der Waals surface area contributed by atoms with Crippen molar-refractivity contribution in [3.05, 3.63) is 57.6 Å². The number of carbonyl (C=O) groups is 1. The molecule has 4 heteroatoms. The zero-order chi connectivity index (χ0) is 14.0. The normalized spacial score (nSPS) is 10.3. The van der Waals surface area contributed by atoms with Crippen molar-refractivity contribution >= 4 is 33.2 Å². The molecule has 0 aliphatic carbocycles. The minimum atomic E-state index is -0.165. The Hall–Kier alpha value is -1.81. The highest BCUT2D eigenvalue weighted by atomic mass is 79.9. The Morgan fingerprint density at radius 3 is 2.58 bits per heavy atom. The van der Waals surface area contributed by atoms with E-state index in [0.717, 1.165) is 21.3 Å². The molecule has 19 heavy (non-hydrogen) atoms. The van der Waals surface area contributed by atoms with Gasteiger partial charge in [-0.05, 0) is 49.2 Å². The topological polar surface area (TPSA) is 55.1 Å². The van der Waals surface area contributed by atoms with Gasteiger partial charge in [0.15, 0.2) is 0 Å². The number of hydrogen-bond donors (Lipinski definition) is 2. The molecule has 0 saturated heterocycles. The van der Waals surface area contributed by atoms with Crippen molar-refractivity contribution < 1.29 is 4.79 Å². The number of amides is 1. The summed E-state index contributed by atoms with van der Waals surface area (Å²) in [6, 6.07) is 11.1. The molecule has 0 atom stereocenters. The molecule has 2 rings (SSSR count). The minimum absolute atomic E-state index is 0.165. The van der Waals surface area contributed by atoms with Crippen LogP contribution in [0, 0.1) is 13.8 Å². The van der Waals surface area contributed by atoms with Gasteiger partial charge < -0.3 is 11.1 Å². The van der Waals surface area contributed by atoms with Crippen LogP contribution in [0.15, 0.2) is 40.9 Å². The van der Waals surface area contributed by atoms with E-state index in [9.17, 15) is 4.79 Å². The zero-order valence-corrected chi connectivity index (χ0v) is 12.4. The third kappa shape index (κ3) is 3.35. The van der Waals surface area contributed by atoms with Gasteiger partial charge in [0.25, 0.3) is 5.91 Å². The third-order valence-electron chi connectivity index (χ3n) is 2.82. The molecule has 0 unspecified atom stereocenters. The lowest BCUT2D eigenvalue weighted by Crippen LogP contribution is -2.13. The van der Waals surface area contributed by atoms with Crippen LogP contribution >= 0.6 is 15.9 Å². The molecule has 3 nitrogen and oxygen atoms in total. The molecule has 0 aliphatic heterocycles. The lowest BCUT2D eigenvalue weighted by molar-refractivity contribution is 0.102. The summed E-state index contributed by atoms with van der Waals surface area (Å²) >= 11 is 3.33. The molecule has 0 heterocycles. The van der Waals surface area contributed by atoms with E-state index in [4.69, 9.17) is 5.73 Å². The van der Waals surface area contributed by atoms with Crippen LogP contribution in [0.25, 0.3) is 0 Å². The predicted octanol–water partition coefficient (Wildman–Crippen LogP) is 3.90. The highest BCUT2D eigenvalue weighted by Crippen LogP contribution is 2.20. The van der Waals surface area contributed by atoms with Gasteiger partial charge in [-0.2, -0.15) is 0 Å². The number of hydrogen-bond acceptors (Lipinski definition) is 2. The molecule has 0 aliphatic rings. The maximum absolute atomic E-state index is 12.2. The van der Waals surface area contributed by atoms with Crippen molar-refractivity contribution in [3.63, 3.8) is 0 Å². The number of anilines is 2. The van der Waals surface area contributed by atoms with Crippen LogP contribution in [0.4, 0.5) is 11.4 Å². The lowest BCUT2D eigenvalue weighted by atomic mass is 10.1. The fraction of sp³-hybridized carbons (Fsp3) is 0.133. The number of halogens is 1. The summed E-state index contributed by atoms with van der Waals surface area (Å²) in [7, 11) is 0. The van der Waals surface area contributed by atoms with Crippen molar-refractivity contribution in [1.82, 2.24) is 0 Å². The van der Waals surface area contributed by atoms with Gasteiger partial charge in [0.2, 0.25) is 0 Å². The molecule has 0 radical (unpaired) electrons. The summed E-state index contributed by atoms with van der Waals surface area (Å²) in [4.78, 5) is 12.2. The van der Waals surface area contributed by atoms with Crippen molar-refractivity contribution in [2.75, 3.05) is 11.1 Å². The Morgan fingerprint density at radius 2 is 1.89 bits per heavy atom. The van der Waals surface area contributed by atoms with E-state index in [1.54, 1.807) is 18.2 Å². The fourth-order valence-corrected chi connectivity index (χ4v) is 2.32. The first kappa shape index (κ1) is 13.6. The maximum atomic E-state index is 12.2. The number of benzene rings is 2. The summed E-state index contributed by atoms with van der Waals surface area (Å²) in [5.74, 6) is -0.165. The van der Waals surface area contributed by atoms with Crippen molar-refractivity contribution in [2.24, 2.45) is 0 Å². The van der Waals surface area contributed by atoms with Crippen LogP contribution < -0.4 is 11.1 Å². The van der Waals surface area contributed by atoms with Crippen LogP contribution in [-0.2, 0) is 0 Å². The fourth-order valence-electron chi connectivity index (χ4n) is 1.81. The van der Waals surface area contributed by atoms with Gasteiger partial charge in [-0.1, -0.05) is 28.1 Å². The Morgan fingerprint density at radius 1 is 1.16 bits per heavy atom. The maximum Gasteiger partial charge on any atom is 0.255 e. The molecule has 2 aromatic rings. The number of nitrogens with two attached hydrogens (primary N) is 1. The Labute approximate surface area is 121 Å². The molecular weight excluding hydrogens is 304 g/mol. The summed E-state index contributed by atoms with van der Waals surface area (Å²) in [5.41, 5.74) is 9.78. The van der Waals surface area contributed by atoms with E-state index in [-0.39, 0.29) is 5.91 Å². The van der Waals surface area contributed by atoms with Gasteiger partial charge in [-0.25, -0.2) is 0 Å². The molecule has 2 aromatic carbocycles. The second-order valence-electron chi connectivity index (χ2n) is 4.55. The molecule has 0 bridgehead atoms. The van der Waals surface area contributed by atoms with E-state index in [0.29, 0.717) is 11.3 Å². The van der Waals surface area contributed by atoms with Gasteiger partial charge in [0.1, 0.15) is 0 Å². The van der Waals surface area contributed by atoms with Gasteiger partial charge in [0, 0.05) is 21.4 Å². The molecule has 0 fully saturated rings. The second-order valence-corrected chi connectivity index (χ2v) is 5.46. The number of rotatable bonds is 2. The van der Waals surface area contributed by atoms with Crippen LogP contribution in [0.1, 0.15) is 21.5 Å². The van der Waals surface area contributed by atoms with Crippen molar-refractivity contribution in [1.29, 1.82) is 0 Å². The van der Waals surface area contributed by atoms with E-state index >= 15 is 0 Å². The number of carbonyl (C=O) groups excluding carboxylic acids is 1. The van der Waals surface area contributed by atoms with Crippen LogP contribution in [0.2, 0.25) is 0 Å². The van der Waals surface area contributed by atoms with Crippen molar-refractivity contribution in [2.45, 2.75) is 13.8 Å². The quantitative estimate of drug-likeness (QED) is 0.825. The van der Waals surface area contributed by atoms with Gasteiger partial charge in [-0.15, -0.1) is 0 Å². The van der Waals surface area contributed by atoms with Crippen molar-refractivity contribution in [3.8, 4) is 0 Å². The highest BCUT2D eigenvalue weighted by molar-refractivity contribution is 9.10. The van der Waals surface area contributed by atoms with Gasteiger partial charge in [-0.3, -0.25) is 4.79 Å². The second kappa shape index (κ2) is 5.45. The van der Waals surface area contributed by atoms with E-state index in [1.165, 1.54) is 0 Å². The Balaban J connectivity index is 2.28. The first-order valence-corrected chi connectivity index (χ1v) is 6.69. The zero-order valence-electron chi connectivity index (χ0n) is 10.8. The summed E-state index contributed by atoms with van der Waals surface area (Å²) in [6.45, 7) is 3.95. The highest BCUT2D eigenvalue weighted by Gasteiger charge is 2.09. The lowest BCUT2D eigenvalue weighted by Gasteiger charge is -2.10. The number of nitrogens with one attached hydrogen (secondary N) is 1. The first-order valence-electron chi connectivity index (χ1n) is 5.90.